The minimum absolute atomic E-state index is 0.132. The van der Waals surface area contributed by atoms with Gasteiger partial charge in [0.1, 0.15) is 11.5 Å². The molecule has 0 aliphatic carbocycles. The van der Waals surface area contributed by atoms with Crippen molar-refractivity contribution in [3.05, 3.63) is 47.7 Å². The van der Waals surface area contributed by atoms with Gasteiger partial charge in [-0.15, -0.1) is 0 Å². The second-order valence-electron chi connectivity index (χ2n) is 3.35. The third-order valence-electron chi connectivity index (χ3n) is 2.01. The van der Waals surface area contributed by atoms with E-state index < -0.39 is 11.8 Å². The monoisotopic (exact) mass is 248 g/mol. The number of ether oxygens (including phenoxy) is 1. The minimum atomic E-state index is -1.04. The molecule has 0 bridgehead atoms. The van der Waals surface area contributed by atoms with Gasteiger partial charge in [-0.05, 0) is 23.8 Å². The molecule has 1 aromatic carbocycles. The first-order valence-electron chi connectivity index (χ1n) is 5.03. The fraction of sp³-hybridized carbons (Fsp3) is 0.0769. The van der Waals surface area contributed by atoms with Crippen LogP contribution in [0.3, 0.4) is 0 Å². The summed E-state index contributed by atoms with van der Waals surface area (Å²) in [7, 11) is 1.08. The third kappa shape index (κ3) is 4.13. The molecule has 0 saturated heterocycles. The number of carbonyl (C=O) groups excluding carboxylic acids is 2. The van der Waals surface area contributed by atoms with E-state index in [0.29, 0.717) is 0 Å². The SMILES string of the molecule is COC(=O)C(=O)/C=C(O)/C=C/c1ccc(O)cc1. The van der Waals surface area contributed by atoms with Gasteiger partial charge in [0.25, 0.3) is 5.78 Å². The Bertz CT molecular complexity index is 497. The lowest BCUT2D eigenvalue weighted by Gasteiger charge is -1.95. The predicted molar refractivity (Wildman–Crippen MR) is 64.9 cm³/mol. The molecule has 0 amide bonds. The van der Waals surface area contributed by atoms with Gasteiger partial charge in [-0.3, -0.25) is 4.79 Å². The molecular formula is C13H12O5. The number of rotatable bonds is 4. The van der Waals surface area contributed by atoms with E-state index in [2.05, 4.69) is 4.74 Å². The van der Waals surface area contributed by atoms with E-state index in [4.69, 9.17) is 5.11 Å². The number of phenols is 1. The van der Waals surface area contributed by atoms with Crippen molar-refractivity contribution in [1.82, 2.24) is 0 Å². The molecular weight excluding hydrogens is 236 g/mol. The van der Waals surface area contributed by atoms with Crippen LogP contribution in [0.5, 0.6) is 5.75 Å². The van der Waals surface area contributed by atoms with Crippen LogP contribution in [0.1, 0.15) is 5.56 Å². The van der Waals surface area contributed by atoms with E-state index in [1.54, 1.807) is 12.1 Å². The largest absolute Gasteiger partial charge is 0.508 e. The molecule has 0 aliphatic heterocycles. The maximum Gasteiger partial charge on any atom is 0.378 e. The van der Waals surface area contributed by atoms with Gasteiger partial charge in [0.15, 0.2) is 0 Å². The summed E-state index contributed by atoms with van der Waals surface area (Å²) >= 11 is 0. The molecule has 0 aliphatic rings. The number of benzene rings is 1. The first-order chi connectivity index (χ1) is 8.52. The van der Waals surface area contributed by atoms with Gasteiger partial charge in [0.2, 0.25) is 0 Å². The topological polar surface area (TPSA) is 83.8 Å². The van der Waals surface area contributed by atoms with Crippen LogP contribution in [0.15, 0.2) is 42.2 Å². The molecule has 1 aromatic rings. The Morgan fingerprint density at radius 2 is 1.83 bits per heavy atom. The Kier molecular flexibility index (Phi) is 4.68. The molecule has 5 nitrogen and oxygen atoms in total. The summed E-state index contributed by atoms with van der Waals surface area (Å²) in [5.41, 5.74) is 0.721. The van der Waals surface area contributed by atoms with E-state index in [1.165, 1.54) is 24.3 Å². The maximum absolute atomic E-state index is 11.1. The number of hydrogen-bond donors (Lipinski definition) is 2. The van der Waals surface area contributed by atoms with Gasteiger partial charge in [-0.2, -0.15) is 0 Å². The van der Waals surface area contributed by atoms with Crippen LogP contribution in [-0.4, -0.2) is 29.1 Å². The van der Waals surface area contributed by atoms with Gasteiger partial charge >= 0.3 is 5.97 Å². The van der Waals surface area contributed by atoms with Gasteiger partial charge in [-0.1, -0.05) is 18.2 Å². The number of ketones is 1. The minimum Gasteiger partial charge on any atom is -0.508 e. The molecule has 0 heterocycles. The van der Waals surface area contributed by atoms with Gasteiger partial charge in [0.05, 0.1) is 7.11 Å². The fourth-order valence-corrected chi connectivity index (χ4v) is 1.11. The highest BCUT2D eigenvalue weighted by atomic mass is 16.5. The zero-order chi connectivity index (χ0) is 13.5. The first kappa shape index (κ1) is 13.5. The number of hydrogen-bond acceptors (Lipinski definition) is 5. The van der Waals surface area contributed by atoms with Crippen LogP contribution >= 0.6 is 0 Å². The fourth-order valence-electron chi connectivity index (χ4n) is 1.11. The van der Waals surface area contributed by atoms with E-state index in [1.807, 2.05) is 0 Å². The van der Waals surface area contributed by atoms with E-state index in [0.717, 1.165) is 18.7 Å². The smallest absolute Gasteiger partial charge is 0.378 e. The molecule has 0 spiro atoms. The standard InChI is InChI=1S/C13H12O5/c1-18-13(17)12(16)8-11(15)7-4-9-2-5-10(14)6-3-9/h2-8,14-15H,1H3/b7-4+,11-8-. The number of aromatic hydroxyl groups is 1. The predicted octanol–water partition coefficient (Wildman–Crippen LogP) is 1.59. The zero-order valence-electron chi connectivity index (χ0n) is 9.66. The Morgan fingerprint density at radius 1 is 1.22 bits per heavy atom. The number of phenolic OH excluding ortho intramolecular Hbond substituents is 1. The molecule has 0 unspecified atom stereocenters. The van der Waals surface area contributed by atoms with Crippen molar-refractivity contribution in [3.63, 3.8) is 0 Å². The van der Waals surface area contributed by atoms with Crippen molar-refractivity contribution < 1.29 is 24.5 Å². The Morgan fingerprint density at radius 3 is 2.39 bits per heavy atom. The van der Waals surface area contributed by atoms with Crippen molar-refractivity contribution in [1.29, 1.82) is 0 Å². The highest BCUT2D eigenvalue weighted by Crippen LogP contribution is 2.11. The Hall–Kier alpha value is -2.56. The lowest BCUT2D eigenvalue weighted by molar-refractivity contribution is -0.149. The summed E-state index contributed by atoms with van der Waals surface area (Å²) in [4.78, 5) is 21.8. The molecule has 0 atom stereocenters. The summed E-state index contributed by atoms with van der Waals surface area (Å²) in [5.74, 6) is -2.21. The summed E-state index contributed by atoms with van der Waals surface area (Å²) in [6, 6.07) is 6.22. The van der Waals surface area contributed by atoms with Crippen LogP contribution in [0.4, 0.5) is 0 Å². The second kappa shape index (κ2) is 6.24. The molecule has 0 saturated carbocycles. The number of allylic oxidation sites excluding steroid dienone is 1. The van der Waals surface area contributed by atoms with E-state index >= 15 is 0 Å². The van der Waals surface area contributed by atoms with Crippen LogP contribution in [0, 0.1) is 0 Å². The summed E-state index contributed by atoms with van der Waals surface area (Å²) in [6.07, 6.45) is 3.55. The molecule has 18 heavy (non-hydrogen) atoms. The normalized spacial score (nSPS) is 11.5. The van der Waals surface area contributed by atoms with Crippen LogP contribution in [-0.2, 0) is 14.3 Å². The van der Waals surface area contributed by atoms with Crippen LogP contribution < -0.4 is 0 Å². The van der Waals surface area contributed by atoms with Gasteiger partial charge < -0.3 is 14.9 Å². The molecule has 2 N–H and O–H groups in total. The number of esters is 1. The number of carbonyl (C=O) groups is 2. The average Bonchev–Trinajstić information content (AvgIpc) is 2.37. The first-order valence-corrected chi connectivity index (χ1v) is 5.03. The molecule has 0 fully saturated rings. The average molecular weight is 248 g/mol. The van der Waals surface area contributed by atoms with Crippen molar-refractivity contribution >= 4 is 17.8 Å². The van der Waals surface area contributed by atoms with Crippen molar-refractivity contribution in [2.24, 2.45) is 0 Å². The second-order valence-corrected chi connectivity index (χ2v) is 3.35. The molecule has 94 valence electrons. The van der Waals surface area contributed by atoms with Gasteiger partial charge in [0, 0.05) is 6.08 Å². The summed E-state index contributed by atoms with van der Waals surface area (Å²) in [6.45, 7) is 0. The third-order valence-corrected chi connectivity index (χ3v) is 2.01. The van der Waals surface area contributed by atoms with E-state index in [-0.39, 0.29) is 11.5 Å². The Labute approximate surface area is 104 Å². The lowest BCUT2D eigenvalue weighted by atomic mass is 10.2. The molecule has 5 heteroatoms. The van der Waals surface area contributed by atoms with Crippen molar-refractivity contribution in [2.75, 3.05) is 7.11 Å². The number of methoxy groups -OCH3 is 1. The number of aliphatic hydroxyl groups is 1. The zero-order valence-corrected chi connectivity index (χ0v) is 9.66. The number of aliphatic hydroxyl groups excluding tert-OH is 1. The molecule has 0 aromatic heterocycles. The maximum atomic E-state index is 11.1. The molecule has 1 rings (SSSR count). The van der Waals surface area contributed by atoms with Crippen molar-refractivity contribution in [2.45, 2.75) is 0 Å². The summed E-state index contributed by atoms with van der Waals surface area (Å²) in [5, 5.41) is 18.4. The summed E-state index contributed by atoms with van der Waals surface area (Å²) < 4.78 is 4.19. The highest BCUT2D eigenvalue weighted by molar-refractivity contribution is 6.38. The van der Waals surface area contributed by atoms with Gasteiger partial charge in [-0.25, -0.2) is 4.79 Å². The highest BCUT2D eigenvalue weighted by Gasteiger charge is 2.10. The van der Waals surface area contributed by atoms with Crippen molar-refractivity contribution in [3.8, 4) is 5.75 Å². The van der Waals surface area contributed by atoms with Crippen LogP contribution in [0.25, 0.3) is 6.08 Å². The molecule has 0 radical (unpaired) electrons. The quantitative estimate of drug-likeness (QED) is 0.278. The lowest BCUT2D eigenvalue weighted by Crippen LogP contribution is -2.12. The van der Waals surface area contributed by atoms with E-state index in [9.17, 15) is 14.7 Å². The van der Waals surface area contributed by atoms with Crippen LogP contribution in [0.2, 0.25) is 0 Å². The Balaban J connectivity index is 2.72.